The molecule has 2 rings (SSSR count). The number of nitrogens with one attached hydrogen (secondary N) is 1. The van der Waals surface area contributed by atoms with Crippen LogP contribution in [0.2, 0.25) is 0 Å². The number of anilines is 1. The van der Waals surface area contributed by atoms with Crippen molar-refractivity contribution in [1.82, 2.24) is 9.97 Å². The molecule has 108 valence electrons. The van der Waals surface area contributed by atoms with E-state index in [1.807, 2.05) is 0 Å². The fourth-order valence-electron chi connectivity index (χ4n) is 1.60. The zero-order chi connectivity index (χ0) is 14.6. The van der Waals surface area contributed by atoms with E-state index in [9.17, 15) is 18.3 Å². The Hall–Kier alpha value is -1.67. The minimum Gasteiger partial charge on any atom is -0.394 e. The third-order valence-corrected chi connectivity index (χ3v) is 3.40. The van der Waals surface area contributed by atoms with Gasteiger partial charge in [-0.1, -0.05) is 0 Å². The molecule has 2 aromatic rings. The van der Waals surface area contributed by atoms with Crippen LogP contribution in [-0.2, 0) is 12.6 Å². The van der Waals surface area contributed by atoms with Crippen LogP contribution in [-0.4, -0.2) is 27.7 Å². The first-order valence-corrected chi connectivity index (χ1v) is 6.65. The Balaban J connectivity index is 2.01. The quantitative estimate of drug-likeness (QED) is 0.891. The summed E-state index contributed by atoms with van der Waals surface area (Å²) in [6.45, 7) is -0.152. The number of nitrogens with zero attached hydrogens (tertiary/aromatic N) is 2. The summed E-state index contributed by atoms with van der Waals surface area (Å²) >= 11 is 1.45. The molecular formula is C12H12F3N3OS. The number of halogens is 3. The minimum absolute atomic E-state index is 0.152. The van der Waals surface area contributed by atoms with E-state index in [1.165, 1.54) is 17.4 Å². The lowest BCUT2D eigenvalue weighted by atomic mass is 10.2. The van der Waals surface area contributed by atoms with E-state index >= 15 is 0 Å². The molecule has 0 spiro atoms. The number of rotatable bonds is 5. The van der Waals surface area contributed by atoms with Gasteiger partial charge in [-0.25, -0.2) is 4.98 Å². The van der Waals surface area contributed by atoms with Crippen LogP contribution in [0.1, 0.15) is 10.4 Å². The van der Waals surface area contributed by atoms with E-state index in [4.69, 9.17) is 0 Å². The molecule has 8 heteroatoms. The zero-order valence-corrected chi connectivity index (χ0v) is 11.1. The molecule has 0 bridgehead atoms. The second-order valence-electron chi connectivity index (χ2n) is 4.13. The number of hydrogen-bond donors (Lipinski definition) is 2. The molecule has 0 aliphatic carbocycles. The van der Waals surface area contributed by atoms with E-state index in [2.05, 4.69) is 15.3 Å². The number of aromatic nitrogens is 2. The summed E-state index contributed by atoms with van der Waals surface area (Å²) in [5.74, 6) is 0.293. The lowest BCUT2D eigenvalue weighted by molar-refractivity contribution is -0.137. The van der Waals surface area contributed by atoms with Crippen LogP contribution in [0, 0.1) is 0 Å². The molecule has 0 aromatic carbocycles. The third-order valence-electron chi connectivity index (χ3n) is 2.59. The number of alkyl halides is 3. The standard InChI is InChI=1S/C12H12F3N3OS/c13-12(14,15)8-1-2-11(17-4-8)18-9(6-19)3-10-5-16-7-20-10/h1-2,4-5,7,9,19H,3,6H2,(H,17,18)/t9-/m0/s1. The zero-order valence-electron chi connectivity index (χ0n) is 10.3. The van der Waals surface area contributed by atoms with Gasteiger partial charge in [-0.2, -0.15) is 13.2 Å². The predicted molar refractivity (Wildman–Crippen MR) is 69.6 cm³/mol. The average molecular weight is 303 g/mol. The molecule has 0 aliphatic heterocycles. The maximum absolute atomic E-state index is 12.4. The highest BCUT2D eigenvalue weighted by Crippen LogP contribution is 2.28. The molecule has 2 aromatic heterocycles. The third kappa shape index (κ3) is 3.91. The molecule has 2 heterocycles. The monoisotopic (exact) mass is 303 g/mol. The summed E-state index contributed by atoms with van der Waals surface area (Å²) in [7, 11) is 0. The number of aliphatic hydroxyl groups is 1. The van der Waals surface area contributed by atoms with Gasteiger partial charge in [0.25, 0.3) is 0 Å². The van der Waals surface area contributed by atoms with Gasteiger partial charge < -0.3 is 10.4 Å². The van der Waals surface area contributed by atoms with Crippen LogP contribution in [0.15, 0.2) is 30.0 Å². The van der Waals surface area contributed by atoms with Crippen LogP contribution >= 0.6 is 11.3 Å². The van der Waals surface area contributed by atoms with Gasteiger partial charge in [0.15, 0.2) is 0 Å². The Morgan fingerprint density at radius 2 is 2.10 bits per heavy atom. The van der Waals surface area contributed by atoms with Gasteiger partial charge in [-0.3, -0.25) is 4.98 Å². The Labute approximate surface area is 117 Å². The molecule has 0 amide bonds. The van der Waals surface area contributed by atoms with Crippen molar-refractivity contribution in [2.45, 2.75) is 18.6 Å². The van der Waals surface area contributed by atoms with Crippen molar-refractivity contribution in [2.75, 3.05) is 11.9 Å². The van der Waals surface area contributed by atoms with Gasteiger partial charge in [0, 0.05) is 23.7 Å². The lowest BCUT2D eigenvalue weighted by Gasteiger charge is -2.16. The summed E-state index contributed by atoms with van der Waals surface area (Å²) in [6, 6.07) is 1.88. The normalized spacial score (nSPS) is 13.2. The van der Waals surface area contributed by atoms with Crippen LogP contribution < -0.4 is 5.32 Å². The second-order valence-corrected chi connectivity index (χ2v) is 5.10. The number of thiazole rings is 1. The molecule has 1 atom stereocenters. The fraction of sp³-hybridized carbons (Fsp3) is 0.333. The molecule has 20 heavy (non-hydrogen) atoms. The van der Waals surface area contributed by atoms with Crippen molar-refractivity contribution in [3.8, 4) is 0 Å². The maximum atomic E-state index is 12.4. The van der Waals surface area contributed by atoms with E-state index in [1.54, 1.807) is 11.7 Å². The summed E-state index contributed by atoms with van der Waals surface area (Å²) in [5, 5.41) is 12.2. The van der Waals surface area contributed by atoms with E-state index in [-0.39, 0.29) is 12.6 Å². The van der Waals surface area contributed by atoms with Gasteiger partial charge in [-0.05, 0) is 12.1 Å². The topological polar surface area (TPSA) is 58.0 Å². The molecule has 0 unspecified atom stereocenters. The van der Waals surface area contributed by atoms with Crippen molar-refractivity contribution >= 4 is 17.2 Å². The highest BCUT2D eigenvalue weighted by molar-refractivity contribution is 7.09. The van der Waals surface area contributed by atoms with Gasteiger partial charge in [0.05, 0.1) is 23.7 Å². The Kier molecular flexibility index (Phi) is 4.56. The van der Waals surface area contributed by atoms with Gasteiger partial charge in [-0.15, -0.1) is 11.3 Å². The van der Waals surface area contributed by atoms with Crippen molar-refractivity contribution in [2.24, 2.45) is 0 Å². The average Bonchev–Trinajstić information content (AvgIpc) is 2.90. The molecule has 4 nitrogen and oxygen atoms in total. The Bertz CT molecular complexity index is 528. The Morgan fingerprint density at radius 1 is 1.30 bits per heavy atom. The Morgan fingerprint density at radius 3 is 2.60 bits per heavy atom. The minimum atomic E-state index is -4.40. The molecule has 0 fully saturated rings. The van der Waals surface area contributed by atoms with Gasteiger partial charge in [0.1, 0.15) is 5.82 Å². The van der Waals surface area contributed by atoms with Crippen LogP contribution in [0.3, 0.4) is 0 Å². The van der Waals surface area contributed by atoms with E-state index in [0.717, 1.165) is 17.1 Å². The highest BCUT2D eigenvalue weighted by atomic mass is 32.1. The molecule has 2 N–H and O–H groups in total. The number of hydrogen-bond acceptors (Lipinski definition) is 5. The van der Waals surface area contributed by atoms with Gasteiger partial charge in [0.2, 0.25) is 0 Å². The summed E-state index contributed by atoms with van der Waals surface area (Å²) in [5.41, 5.74) is 0.881. The maximum Gasteiger partial charge on any atom is 0.417 e. The van der Waals surface area contributed by atoms with E-state index in [0.29, 0.717) is 12.2 Å². The lowest BCUT2D eigenvalue weighted by Crippen LogP contribution is -2.26. The summed E-state index contributed by atoms with van der Waals surface area (Å²) in [6.07, 6.45) is -1.41. The van der Waals surface area contributed by atoms with Crippen LogP contribution in [0.4, 0.5) is 19.0 Å². The van der Waals surface area contributed by atoms with Crippen molar-refractivity contribution in [1.29, 1.82) is 0 Å². The van der Waals surface area contributed by atoms with Crippen LogP contribution in [0.5, 0.6) is 0 Å². The first kappa shape index (κ1) is 14.7. The first-order valence-electron chi connectivity index (χ1n) is 5.77. The molecule has 0 radical (unpaired) electrons. The molecule has 0 saturated carbocycles. The fourth-order valence-corrected chi connectivity index (χ4v) is 2.28. The van der Waals surface area contributed by atoms with Crippen molar-refractivity contribution in [3.05, 3.63) is 40.5 Å². The largest absolute Gasteiger partial charge is 0.417 e. The van der Waals surface area contributed by atoms with Crippen LogP contribution in [0.25, 0.3) is 0 Å². The summed E-state index contributed by atoms with van der Waals surface area (Å²) in [4.78, 5) is 8.61. The molecule has 0 saturated heterocycles. The smallest absolute Gasteiger partial charge is 0.394 e. The SMILES string of the molecule is OC[C@H](Cc1cncs1)Nc1ccc(C(F)(F)F)cn1. The first-order chi connectivity index (χ1) is 9.49. The molecular weight excluding hydrogens is 291 g/mol. The van der Waals surface area contributed by atoms with Crippen molar-refractivity contribution < 1.29 is 18.3 Å². The second kappa shape index (κ2) is 6.19. The predicted octanol–water partition coefficient (Wildman–Crippen LogP) is 2.57. The van der Waals surface area contributed by atoms with E-state index < -0.39 is 11.7 Å². The highest BCUT2D eigenvalue weighted by Gasteiger charge is 2.30. The molecule has 0 aliphatic rings. The van der Waals surface area contributed by atoms with Crippen molar-refractivity contribution in [3.63, 3.8) is 0 Å². The summed E-state index contributed by atoms with van der Waals surface area (Å²) < 4.78 is 37.2. The van der Waals surface area contributed by atoms with Gasteiger partial charge >= 0.3 is 6.18 Å². The number of aliphatic hydroxyl groups excluding tert-OH is 1. The number of pyridine rings is 1.